The summed E-state index contributed by atoms with van der Waals surface area (Å²) in [6.45, 7) is 9.08. The van der Waals surface area contributed by atoms with E-state index < -0.39 is 0 Å². The second-order valence-corrected chi connectivity index (χ2v) is 7.27. The Bertz CT molecular complexity index is 613. The zero-order chi connectivity index (χ0) is 15.3. The first-order chi connectivity index (χ1) is 9.84. The lowest BCUT2D eigenvalue weighted by atomic mass is 9.70. The van der Waals surface area contributed by atoms with Gasteiger partial charge in [-0.3, -0.25) is 0 Å². The van der Waals surface area contributed by atoms with Gasteiger partial charge >= 0.3 is 0 Å². The maximum absolute atomic E-state index is 9.34. The Morgan fingerprint density at radius 1 is 1.19 bits per heavy atom. The van der Waals surface area contributed by atoms with Crippen molar-refractivity contribution < 1.29 is 5.11 Å². The Morgan fingerprint density at radius 2 is 1.86 bits per heavy atom. The maximum Gasteiger partial charge on any atom is 0.115 e. The molecule has 21 heavy (non-hydrogen) atoms. The highest BCUT2D eigenvalue weighted by Gasteiger charge is 2.59. The van der Waals surface area contributed by atoms with Gasteiger partial charge in [0.15, 0.2) is 0 Å². The number of hydrogen-bond donors (Lipinski definition) is 1. The van der Waals surface area contributed by atoms with Gasteiger partial charge in [0.2, 0.25) is 0 Å². The van der Waals surface area contributed by atoms with Crippen molar-refractivity contribution in [3.8, 4) is 5.75 Å². The van der Waals surface area contributed by atoms with Crippen LogP contribution in [0.1, 0.15) is 52.5 Å². The van der Waals surface area contributed by atoms with Gasteiger partial charge in [-0.15, -0.1) is 0 Å². The number of rotatable bonds is 2. The smallest absolute Gasteiger partial charge is 0.115 e. The van der Waals surface area contributed by atoms with Crippen molar-refractivity contribution in [2.45, 2.75) is 47.0 Å². The molecular formula is C18H24N2O. The first-order valence-corrected chi connectivity index (χ1v) is 7.75. The van der Waals surface area contributed by atoms with E-state index in [4.69, 9.17) is 0 Å². The number of phenols is 1. The highest BCUT2D eigenvalue weighted by atomic mass is 16.3. The lowest BCUT2D eigenvalue weighted by Gasteiger charge is -2.34. The molecule has 112 valence electrons. The van der Waals surface area contributed by atoms with E-state index >= 15 is 0 Å². The maximum atomic E-state index is 9.34. The minimum atomic E-state index is 0.205. The van der Waals surface area contributed by atoms with E-state index in [1.165, 1.54) is 18.6 Å². The molecule has 0 radical (unpaired) electrons. The summed E-state index contributed by atoms with van der Waals surface area (Å²) < 4.78 is 0. The summed E-state index contributed by atoms with van der Waals surface area (Å²) in [5.74, 6) is 1.03. The Kier molecular flexibility index (Phi) is 3.19. The van der Waals surface area contributed by atoms with Gasteiger partial charge in [0.05, 0.1) is 5.71 Å². The quantitative estimate of drug-likeness (QED) is 0.635. The zero-order valence-electron chi connectivity index (χ0n) is 13.3. The van der Waals surface area contributed by atoms with Gasteiger partial charge in [0, 0.05) is 11.1 Å². The lowest BCUT2D eigenvalue weighted by Crippen LogP contribution is -2.32. The largest absolute Gasteiger partial charge is 0.508 e. The third-order valence-corrected chi connectivity index (χ3v) is 6.12. The summed E-state index contributed by atoms with van der Waals surface area (Å²) in [7, 11) is 0. The normalized spacial score (nSPS) is 32.9. The number of benzene rings is 1. The van der Waals surface area contributed by atoms with Crippen LogP contribution in [0.25, 0.3) is 0 Å². The van der Waals surface area contributed by atoms with Gasteiger partial charge in [-0.05, 0) is 67.3 Å². The van der Waals surface area contributed by atoms with Gasteiger partial charge < -0.3 is 5.11 Å². The van der Waals surface area contributed by atoms with Crippen LogP contribution in [-0.2, 0) is 0 Å². The molecule has 0 aliphatic heterocycles. The van der Waals surface area contributed by atoms with Crippen molar-refractivity contribution >= 4 is 11.4 Å². The number of nitrogens with zero attached hydrogens (tertiary/aromatic N) is 2. The number of fused-ring (bicyclic) bond motifs is 2. The summed E-state index contributed by atoms with van der Waals surface area (Å²) in [5, 5.41) is 18.4. The Morgan fingerprint density at radius 3 is 2.38 bits per heavy atom. The van der Waals surface area contributed by atoms with E-state index in [-0.39, 0.29) is 11.2 Å². The monoisotopic (exact) mass is 284 g/mol. The molecule has 1 aromatic rings. The molecule has 0 heterocycles. The van der Waals surface area contributed by atoms with Crippen LogP contribution >= 0.6 is 0 Å². The number of aromatic hydroxyl groups is 1. The first-order valence-electron chi connectivity index (χ1n) is 7.75. The van der Waals surface area contributed by atoms with Crippen LogP contribution in [0.5, 0.6) is 5.75 Å². The molecule has 1 aromatic carbocycles. The van der Waals surface area contributed by atoms with E-state index in [9.17, 15) is 5.11 Å². The highest BCUT2D eigenvalue weighted by molar-refractivity contribution is 6.00. The standard InChI is InChI=1S/C18H24N2O/c1-12(13-5-7-15(21)8-6-13)19-20-16-11-14-9-10-18(16,4)17(14,2)3/h5-8,14,21H,9-11H2,1-4H3/b19-12+,20-16-/t14-,18-/m0/s1. The van der Waals surface area contributed by atoms with Crippen LogP contribution in [0.3, 0.4) is 0 Å². The fourth-order valence-corrected chi connectivity index (χ4v) is 3.98. The van der Waals surface area contributed by atoms with Crippen LogP contribution in [0.4, 0.5) is 0 Å². The fraction of sp³-hybridized carbons (Fsp3) is 0.556. The Hall–Kier alpha value is -1.64. The molecule has 3 nitrogen and oxygen atoms in total. The van der Waals surface area contributed by atoms with Gasteiger partial charge in [0.1, 0.15) is 5.75 Å². The molecule has 0 saturated heterocycles. The van der Waals surface area contributed by atoms with Crippen molar-refractivity contribution in [3.63, 3.8) is 0 Å². The van der Waals surface area contributed by atoms with Crippen LogP contribution < -0.4 is 0 Å². The molecule has 2 saturated carbocycles. The molecule has 0 aromatic heterocycles. The van der Waals surface area contributed by atoms with E-state index in [2.05, 4.69) is 31.0 Å². The predicted molar refractivity (Wildman–Crippen MR) is 87.0 cm³/mol. The van der Waals surface area contributed by atoms with Gasteiger partial charge in [0.25, 0.3) is 0 Å². The number of phenolic OH excluding ortho intramolecular Hbond substituents is 1. The molecule has 3 rings (SSSR count). The van der Waals surface area contributed by atoms with Crippen LogP contribution in [-0.4, -0.2) is 16.5 Å². The van der Waals surface area contributed by atoms with Gasteiger partial charge in [-0.2, -0.15) is 10.2 Å². The molecule has 2 aliphatic carbocycles. The first kappa shape index (κ1) is 14.3. The van der Waals surface area contributed by atoms with E-state index in [0.717, 1.165) is 23.6 Å². The van der Waals surface area contributed by atoms with Crippen molar-refractivity contribution in [1.82, 2.24) is 0 Å². The van der Waals surface area contributed by atoms with E-state index in [1.807, 2.05) is 19.1 Å². The minimum absolute atomic E-state index is 0.205. The van der Waals surface area contributed by atoms with Crippen LogP contribution in [0, 0.1) is 16.7 Å². The summed E-state index contributed by atoms with van der Waals surface area (Å²) in [4.78, 5) is 0. The lowest BCUT2D eigenvalue weighted by molar-refractivity contribution is 0.194. The summed E-state index contributed by atoms with van der Waals surface area (Å²) >= 11 is 0. The van der Waals surface area contributed by atoms with E-state index in [0.29, 0.717) is 5.41 Å². The summed E-state index contributed by atoms with van der Waals surface area (Å²) in [6, 6.07) is 7.12. The number of hydrogen-bond acceptors (Lipinski definition) is 3. The van der Waals surface area contributed by atoms with Crippen molar-refractivity contribution in [2.24, 2.45) is 27.0 Å². The third kappa shape index (κ3) is 2.10. The molecule has 2 aliphatic rings. The van der Waals surface area contributed by atoms with Crippen LogP contribution in [0.2, 0.25) is 0 Å². The van der Waals surface area contributed by atoms with Crippen molar-refractivity contribution in [3.05, 3.63) is 29.8 Å². The van der Waals surface area contributed by atoms with Gasteiger partial charge in [-0.1, -0.05) is 20.8 Å². The average Bonchev–Trinajstić information content (AvgIpc) is 2.78. The highest BCUT2D eigenvalue weighted by Crippen LogP contribution is 2.63. The SMILES string of the molecule is C/C(=N\N=C1\C[C@@H]2CC[C@]1(C)C2(C)C)c1ccc(O)cc1. The fourth-order valence-electron chi connectivity index (χ4n) is 3.98. The molecule has 0 spiro atoms. The molecule has 0 unspecified atom stereocenters. The second kappa shape index (κ2) is 4.69. The second-order valence-electron chi connectivity index (χ2n) is 7.27. The summed E-state index contributed by atoms with van der Waals surface area (Å²) in [6.07, 6.45) is 3.65. The topological polar surface area (TPSA) is 45.0 Å². The van der Waals surface area contributed by atoms with Crippen molar-refractivity contribution in [2.75, 3.05) is 0 Å². The van der Waals surface area contributed by atoms with Crippen molar-refractivity contribution in [1.29, 1.82) is 0 Å². The molecule has 2 bridgehead atoms. The van der Waals surface area contributed by atoms with Gasteiger partial charge in [-0.25, -0.2) is 0 Å². The minimum Gasteiger partial charge on any atom is -0.508 e. The third-order valence-electron chi connectivity index (χ3n) is 6.12. The van der Waals surface area contributed by atoms with Crippen LogP contribution in [0.15, 0.2) is 34.5 Å². The zero-order valence-corrected chi connectivity index (χ0v) is 13.3. The molecule has 2 fully saturated rings. The molecule has 2 atom stereocenters. The van der Waals surface area contributed by atoms with E-state index in [1.54, 1.807) is 12.1 Å². The molecular weight excluding hydrogens is 260 g/mol. The Balaban J connectivity index is 1.87. The Labute approximate surface area is 126 Å². The predicted octanol–water partition coefficient (Wildman–Crippen LogP) is 4.40. The summed E-state index contributed by atoms with van der Waals surface area (Å²) in [5.41, 5.74) is 3.71. The average molecular weight is 284 g/mol. The molecule has 3 heteroatoms. The molecule has 0 amide bonds. The molecule has 1 N–H and O–H groups in total.